The molecule has 0 unspecified atom stereocenters. The Hall–Kier alpha value is -2.15. The summed E-state index contributed by atoms with van der Waals surface area (Å²) >= 11 is 0. The van der Waals surface area contributed by atoms with E-state index in [0.29, 0.717) is 17.0 Å². The van der Waals surface area contributed by atoms with Crippen LogP contribution in [0.3, 0.4) is 0 Å². The van der Waals surface area contributed by atoms with Gasteiger partial charge in [0.1, 0.15) is 0 Å². The fourth-order valence-electron chi connectivity index (χ4n) is 1.38. The number of imidazole rings is 1. The summed E-state index contributed by atoms with van der Waals surface area (Å²) in [6, 6.07) is 4.51. The van der Waals surface area contributed by atoms with Crippen molar-refractivity contribution in [2.45, 2.75) is 0 Å². The summed E-state index contributed by atoms with van der Waals surface area (Å²) in [4.78, 5) is 17.3. The summed E-state index contributed by atoms with van der Waals surface area (Å²) in [6.45, 7) is 0. The first-order valence-electron chi connectivity index (χ1n) is 4.64. The highest BCUT2D eigenvalue weighted by atomic mass is 16.6. The number of aromatic nitrogens is 2. The molecule has 0 fully saturated rings. The van der Waals surface area contributed by atoms with Gasteiger partial charge in [0.2, 0.25) is 5.95 Å². The van der Waals surface area contributed by atoms with Crippen molar-refractivity contribution in [3.63, 3.8) is 0 Å². The van der Waals surface area contributed by atoms with Gasteiger partial charge in [-0.2, -0.15) is 0 Å². The summed E-state index contributed by atoms with van der Waals surface area (Å²) in [5, 5.41) is 12.3. The van der Waals surface area contributed by atoms with E-state index in [1.54, 1.807) is 11.1 Å². The number of nitro groups is 1. The molecule has 0 saturated carbocycles. The summed E-state index contributed by atoms with van der Waals surface area (Å²) in [5.74, 6) is 0.556. The monoisotopic (exact) mass is 221 g/mol. The molecule has 1 aromatic heterocycles. The van der Waals surface area contributed by atoms with E-state index in [4.69, 9.17) is 0 Å². The van der Waals surface area contributed by atoms with Gasteiger partial charge in [-0.05, 0) is 6.07 Å². The molecule has 16 heavy (non-hydrogen) atoms. The molecule has 0 amide bonds. The molecule has 7 nitrogen and oxygen atoms in total. The van der Waals surface area contributed by atoms with E-state index in [1.807, 2.05) is 14.1 Å². The van der Waals surface area contributed by atoms with Gasteiger partial charge < -0.3 is 4.98 Å². The fourth-order valence-corrected chi connectivity index (χ4v) is 1.38. The lowest BCUT2D eigenvalue weighted by Gasteiger charge is -2.09. The summed E-state index contributed by atoms with van der Waals surface area (Å²) in [6.07, 6.45) is 0. The minimum Gasteiger partial charge on any atom is -0.323 e. The van der Waals surface area contributed by atoms with Crippen LogP contribution in [0.1, 0.15) is 0 Å². The van der Waals surface area contributed by atoms with Crippen molar-refractivity contribution in [1.29, 1.82) is 0 Å². The Kier molecular flexibility index (Phi) is 2.45. The van der Waals surface area contributed by atoms with E-state index in [-0.39, 0.29) is 5.69 Å². The minimum absolute atomic E-state index is 0.0487. The van der Waals surface area contributed by atoms with E-state index in [0.717, 1.165) is 0 Å². The first-order chi connectivity index (χ1) is 7.56. The highest BCUT2D eigenvalue weighted by Gasteiger charge is 2.09. The Morgan fingerprint density at radius 3 is 2.88 bits per heavy atom. The largest absolute Gasteiger partial charge is 0.323 e. The van der Waals surface area contributed by atoms with Crippen LogP contribution in [0, 0.1) is 10.1 Å². The van der Waals surface area contributed by atoms with Gasteiger partial charge in [-0.25, -0.2) is 9.99 Å². The van der Waals surface area contributed by atoms with Crippen molar-refractivity contribution in [1.82, 2.24) is 15.0 Å². The number of nitrogens with zero attached hydrogens (tertiary/aromatic N) is 3. The van der Waals surface area contributed by atoms with Crippen molar-refractivity contribution >= 4 is 22.7 Å². The lowest BCUT2D eigenvalue weighted by molar-refractivity contribution is -0.384. The van der Waals surface area contributed by atoms with E-state index < -0.39 is 4.92 Å². The molecule has 0 aliphatic carbocycles. The second kappa shape index (κ2) is 3.78. The van der Waals surface area contributed by atoms with Crippen LogP contribution in [0.25, 0.3) is 11.0 Å². The zero-order valence-electron chi connectivity index (χ0n) is 8.89. The van der Waals surface area contributed by atoms with Crippen molar-refractivity contribution in [2.75, 3.05) is 19.5 Å². The van der Waals surface area contributed by atoms with Gasteiger partial charge in [0.05, 0.1) is 16.0 Å². The number of nitro benzene ring substituents is 1. The summed E-state index contributed by atoms with van der Waals surface area (Å²) in [7, 11) is 3.66. The van der Waals surface area contributed by atoms with Crippen LogP contribution in [0.2, 0.25) is 0 Å². The SMILES string of the molecule is CN(C)Nc1nc2ccc([N+](=O)[O-])cc2[nH]1. The van der Waals surface area contributed by atoms with Crippen LogP contribution in [0.4, 0.5) is 11.6 Å². The van der Waals surface area contributed by atoms with Gasteiger partial charge in [0.25, 0.3) is 5.69 Å². The van der Waals surface area contributed by atoms with Crippen molar-refractivity contribution in [3.8, 4) is 0 Å². The predicted molar refractivity (Wildman–Crippen MR) is 60.1 cm³/mol. The smallest absolute Gasteiger partial charge is 0.271 e. The maximum atomic E-state index is 10.6. The van der Waals surface area contributed by atoms with Gasteiger partial charge >= 0.3 is 0 Å². The van der Waals surface area contributed by atoms with Crippen LogP contribution in [-0.2, 0) is 0 Å². The Morgan fingerprint density at radius 2 is 2.25 bits per heavy atom. The molecule has 0 bridgehead atoms. The molecule has 0 aliphatic rings. The summed E-state index contributed by atoms with van der Waals surface area (Å²) in [5.41, 5.74) is 4.32. The number of non-ortho nitro benzene ring substituents is 1. The molecular formula is C9H11N5O2. The molecule has 7 heteroatoms. The number of hydrogen-bond acceptors (Lipinski definition) is 5. The second-order valence-electron chi connectivity index (χ2n) is 3.55. The average Bonchev–Trinajstić information content (AvgIpc) is 2.56. The molecule has 2 rings (SSSR count). The van der Waals surface area contributed by atoms with Gasteiger partial charge in [0.15, 0.2) is 0 Å². The van der Waals surface area contributed by atoms with Crippen LogP contribution in [-0.4, -0.2) is 34.0 Å². The number of aromatic amines is 1. The molecule has 2 aromatic rings. The van der Waals surface area contributed by atoms with Crippen LogP contribution in [0.5, 0.6) is 0 Å². The highest BCUT2D eigenvalue weighted by molar-refractivity contribution is 5.79. The first-order valence-corrected chi connectivity index (χ1v) is 4.64. The zero-order chi connectivity index (χ0) is 11.7. The number of fused-ring (bicyclic) bond motifs is 1. The maximum Gasteiger partial charge on any atom is 0.271 e. The van der Waals surface area contributed by atoms with E-state index in [1.165, 1.54) is 12.1 Å². The minimum atomic E-state index is -0.431. The quantitative estimate of drug-likeness (QED) is 0.603. The molecule has 84 valence electrons. The molecule has 0 atom stereocenters. The molecule has 1 aromatic carbocycles. The second-order valence-corrected chi connectivity index (χ2v) is 3.55. The van der Waals surface area contributed by atoms with Gasteiger partial charge in [-0.1, -0.05) is 0 Å². The van der Waals surface area contributed by atoms with E-state index in [9.17, 15) is 10.1 Å². The van der Waals surface area contributed by atoms with Crippen molar-refractivity contribution < 1.29 is 4.92 Å². The van der Waals surface area contributed by atoms with E-state index in [2.05, 4.69) is 15.4 Å². The molecular weight excluding hydrogens is 210 g/mol. The standard InChI is InChI=1S/C9H11N5O2/c1-13(2)12-9-10-7-4-3-6(14(15)16)5-8(7)11-9/h3-5H,1-2H3,(H2,10,11,12). The predicted octanol–water partition coefficient (Wildman–Crippen LogP) is 1.36. The Morgan fingerprint density at radius 1 is 1.50 bits per heavy atom. The Labute approximate surface area is 91.2 Å². The van der Waals surface area contributed by atoms with Gasteiger partial charge in [0, 0.05) is 26.2 Å². The molecule has 1 heterocycles. The zero-order valence-corrected chi connectivity index (χ0v) is 8.89. The maximum absolute atomic E-state index is 10.6. The third kappa shape index (κ3) is 1.94. The summed E-state index contributed by atoms with van der Waals surface area (Å²) < 4.78 is 0. The number of nitrogens with one attached hydrogen (secondary N) is 2. The molecule has 0 aliphatic heterocycles. The number of anilines is 1. The number of hydrogen-bond donors (Lipinski definition) is 2. The number of H-pyrrole nitrogens is 1. The number of rotatable bonds is 3. The molecule has 0 spiro atoms. The third-order valence-electron chi connectivity index (χ3n) is 2.01. The van der Waals surface area contributed by atoms with Crippen LogP contribution >= 0.6 is 0 Å². The molecule has 2 N–H and O–H groups in total. The third-order valence-corrected chi connectivity index (χ3v) is 2.01. The molecule has 0 radical (unpaired) electrons. The molecule has 0 saturated heterocycles. The van der Waals surface area contributed by atoms with Crippen LogP contribution < -0.4 is 5.43 Å². The lowest BCUT2D eigenvalue weighted by atomic mass is 10.3. The first kappa shape index (κ1) is 10.4. The van der Waals surface area contributed by atoms with Crippen LogP contribution in [0.15, 0.2) is 18.2 Å². The highest BCUT2D eigenvalue weighted by Crippen LogP contribution is 2.20. The normalized spacial score (nSPS) is 10.9. The topological polar surface area (TPSA) is 87.1 Å². The Bertz CT molecular complexity index is 534. The number of benzene rings is 1. The fraction of sp³-hybridized carbons (Fsp3) is 0.222. The van der Waals surface area contributed by atoms with Crippen molar-refractivity contribution in [2.24, 2.45) is 0 Å². The van der Waals surface area contributed by atoms with Crippen molar-refractivity contribution in [3.05, 3.63) is 28.3 Å². The average molecular weight is 221 g/mol. The van der Waals surface area contributed by atoms with E-state index >= 15 is 0 Å². The lowest BCUT2D eigenvalue weighted by Crippen LogP contribution is -2.20. The van der Waals surface area contributed by atoms with Gasteiger partial charge in [-0.15, -0.1) is 0 Å². The Balaban J connectivity index is 2.42. The number of hydrazine groups is 1. The van der Waals surface area contributed by atoms with Gasteiger partial charge in [-0.3, -0.25) is 15.5 Å².